The number of hydrogen-bond donors (Lipinski definition) is 2. The summed E-state index contributed by atoms with van der Waals surface area (Å²) in [6.07, 6.45) is 3.47. The van der Waals surface area contributed by atoms with Gasteiger partial charge in [0.2, 0.25) is 11.8 Å². The molecule has 8 heteroatoms. The van der Waals surface area contributed by atoms with Gasteiger partial charge in [0.15, 0.2) is 5.82 Å². The van der Waals surface area contributed by atoms with Gasteiger partial charge in [-0.15, -0.1) is 0 Å². The van der Waals surface area contributed by atoms with E-state index in [2.05, 4.69) is 15.3 Å². The second-order valence-electron chi connectivity index (χ2n) is 4.06. The molecule has 1 aliphatic heterocycles. The van der Waals surface area contributed by atoms with E-state index in [0.717, 1.165) is 0 Å². The molecule has 1 aromatic rings. The molecule has 1 aliphatic rings. The summed E-state index contributed by atoms with van der Waals surface area (Å²) in [5.74, 6) is -0.363. The van der Waals surface area contributed by atoms with Crippen LogP contribution in [-0.2, 0) is 9.59 Å². The largest absolute Gasteiger partial charge is 0.388 e. The first-order valence-electron chi connectivity index (χ1n) is 5.75. The minimum Gasteiger partial charge on any atom is -0.388 e. The highest BCUT2D eigenvalue weighted by Crippen LogP contribution is 2.21. The number of thiocarbonyl (C=S) groups is 1. The molecule has 2 amide bonds. The molecule has 0 bridgehead atoms. The molecule has 1 aromatic heterocycles. The molecule has 1 atom stereocenters. The molecule has 1 fully saturated rings. The maximum absolute atomic E-state index is 11.8. The zero-order valence-electron chi connectivity index (χ0n) is 10.3. The summed E-state index contributed by atoms with van der Waals surface area (Å²) >= 11 is 4.92. The Hall–Kier alpha value is -2.09. The first-order valence-corrected chi connectivity index (χ1v) is 6.16. The minimum absolute atomic E-state index is 0.0263. The van der Waals surface area contributed by atoms with Crippen LogP contribution in [0.3, 0.4) is 0 Å². The van der Waals surface area contributed by atoms with Crippen molar-refractivity contribution in [3.8, 4) is 0 Å². The molecule has 1 unspecified atom stereocenters. The number of piperazine rings is 1. The molecule has 0 aromatic carbocycles. The van der Waals surface area contributed by atoms with Crippen LogP contribution in [0.15, 0.2) is 12.4 Å². The van der Waals surface area contributed by atoms with E-state index in [4.69, 9.17) is 18.0 Å². The van der Waals surface area contributed by atoms with Crippen molar-refractivity contribution >= 4 is 34.8 Å². The van der Waals surface area contributed by atoms with Crippen molar-refractivity contribution in [3.63, 3.8) is 0 Å². The van der Waals surface area contributed by atoms with Gasteiger partial charge in [0.05, 0.1) is 6.54 Å². The molecule has 0 spiro atoms. The number of rotatable bonds is 3. The van der Waals surface area contributed by atoms with E-state index in [0.29, 0.717) is 17.9 Å². The Morgan fingerprint density at radius 2 is 2.21 bits per heavy atom. The maximum Gasteiger partial charge on any atom is 0.249 e. The van der Waals surface area contributed by atoms with Crippen LogP contribution in [0, 0.1) is 0 Å². The third kappa shape index (κ3) is 2.53. The number of nitrogens with zero attached hydrogens (tertiary/aromatic N) is 3. The van der Waals surface area contributed by atoms with Gasteiger partial charge in [-0.05, 0) is 6.42 Å². The van der Waals surface area contributed by atoms with Crippen molar-refractivity contribution in [2.24, 2.45) is 5.73 Å². The van der Waals surface area contributed by atoms with Crippen LogP contribution in [0.1, 0.15) is 19.0 Å². The Bertz CT molecular complexity index is 548. The number of carbonyl (C=O) groups is 2. The van der Waals surface area contributed by atoms with Gasteiger partial charge < -0.3 is 10.6 Å². The van der Waals surface area contributed by atoms with Crippen molar-refractivity contribution in [2.45, 2.75) is 19.4 Å². The van der Waals surface area contributed by atoms with E-state index in [9.17, 15) is 9.59 Å². The summed E-state index contributed by atoms with van der Waals surface area (Å²) in [4.78, 5) is 33.2. The second kappa shape index (κ2) is 5.27. The SMILES string of the molecule is CCC1C(=O)NC(=O)CN1c1nccnc1C(N)=S. The standard InChI is InChI=1S/C11H13N5O2S/c1-2-6-11(18)15-7(17)5-16(6)10-8(9(12)19)13-3-4-14-10/h3-4,6H,2,5H2,1H3,(H2,12,19)(H,15,17,18). The molecule has 0 radical (unpaired) electrons. The number of aromatic nitrogens is 2. The Kier molecular flexibility index (Phi) is 3.70. The third-order valence-corrected chi connectivity index (χ3v) is 3.02. The normalized spacial score (nSPS) is 19.2. The van der Waals surface area contributed by atoms with E-state index in [1.165, 1.54) is 12.4 Å². The number of nitrogens with one attached hydrogen (secondary N) is 1. The lowest BCUT2D eigenvalue weighted by Crippen LogP contribution is -2.58. The lowest BCUT2D eigenvalue weighted by Gasteiger charge is -2.34. The van der Waals surface area contributed by atoms with Crippen molar-refractivity contribution in [1.82, 2.24) is 15.3 Å². The van der Waals surface area contributed by atoms with Gasteiger partial charge in [-0.25, -0.2) is 9.97 Å². The smallest absolute Gasteiger partial charge is 0.249 e. The summed E-state index contributed by atoms with van der Waals surface area (Å²) in [5, 5.41) is 2.30. The van der Waals surface area contributed by atoms with Crippen LogP contribution in [0.4, 0.5) is 5.82 Å². The van der Waals surface area contributed by atoms with E-state index >= 15 is 0 Å². The summed E-state index contributed by atoms with van der Waals surface area (Å²) in [7, 11) is 0. The molecular formula is C11H13N5O2S. The van der Waals surface area contributed by atoms with Crippen LogP contribution in [0.5, 0.6) is 0 Å². The Balaban J connectivity index is 2.46. The fraction of sp³-hybridized carbons (Fsp3) is 0.364. The highest BCUT2D eigenvalue weighted by Gasteiger charge is 2.34. The van der Waals surface area contributed by atoms with Gasteiger partial charge in [-0.1, -0.05) is 19.1 Å². The number of imide groups is 1. The fourth-order valence-electron chi connectivity index (χ4n) is 2.01. The maximum atomic E-state index is 11.8. The van der Waals surface area contributed by atoms with Crippen LogP contribution >= 0.6 is 12.2 Å². The van der Waals surface area contributed by atoms with Gasteiger partial charge >= 0.3 is 0 Å². The predicted molar refractivity (Wildman–Crippen MR) is 72.5 cm³/mol. The van der Waals surface area contributed by atoms with Crippen molar-refractivity contribution in [1.29, 1.82) is 0 Å². The number of anilines is 1. The lowest BCUT2D eigenvalue weighted by atomic mass is 10.1. The summed E-state index contributed by atoms with van der Waals surface area (Å²) in [6.45, 7) is 1.88. The topological polar surface area (TPSA) is 101 Å². The highest BCUT2D eigenvalue weighted by atomic mass is 32.1. The van der Waals surface area contributed by atoms with E-state index in [1.807, 2.05) is 6.92 Å². The lowest BCUT2D eigenvalue weighted by molar-refractivity contribution is -0.132. The average molecular weight is 279 g/mol. The monoisotopic (exact) mass is 279 g/mol. The Labute approximate surface area is 115 Å². The van der Waals surface area contributed by atoms with Gasteiger partial charge in [-0.3, -0.25) is 14.9 Å². The van der Waals surface area contributed by atoms with E-state index in [-0.39, 0.29) is 23.3 Å². The van der Waals surface area contributed by atoms with Gasteiger partial charge in [0, 0.05) is 12.4 Å². The molecule has 1 saturated heterocycles. The Morgan fingerprint density at radius 3 is 2.84 bits per heavy atom. The van der Waals surface area contributed by atoms with E-state index < -0.39 is 6.04 Å². The number of amides is 2. The zero-order valence-corrected chi connectivity index (χ0v) is 11.1. The average Bonchev–Trinajstić information content (AvgIpc) is 2.37. The van der Waals surface area contributed by atoms with Crippen molar-refractivity contribution in [2.75, 3.05) is 11.4 Å². The first-order chi connectivity index (χ1) is 9.04. The molecule has 0 aliphatic carbocycles. The molecule has 2 heterocycles. The van der Waals surface area contributed by atoms with Crippen molar-refractivity contribution in [3.05, 3.63) is 18.1 Å². The Morgan fingerprint density at radius 1 is 1.53 bits per heavy atom. The van der Waals surface area contributed by atoms with Crippen LogP contribution < -0.4 is 16.0 Å². The van der Waals surface area contributed by atoms with Gasteiger partial charge in [0.1, 0.15) is 16.7 Å². The number of carbonyl (C=O) groups excluding carboxylic acids is 2. The summed E-state index contributed by atoms with van der Waals surface area (Å²) in [6, 6.07) is -0.484. The van der Waals surface area contributed by atoms with E-state index in [1.54, 1.807) is 4.90 Å². The third-order valence-electron chi connectivity index (χ3n) is 2.83. The molecule has 3 N–H and O–H groups in total. The van der Waals surface area contributed by atoms with Crippen LogP contribution in [-0.4, -0.2) is 39.4 Å². The quantitative estimate of drug-likeness (QED) is 0.560. The first kappa shape index (κ1) is 13.3. The molecular weight excluding hydrogens is 266 g/mol. The molecule has 19 heavy (non-hydrogen) atoms. The molecule has 0 saturated carbocycles. The van der Waals surface area contributed by atoms with Gasteiger partial charge in [0.25, 0.3) is 0 Å². The molecule has 2 rings (SSSR count). The second-order valence-corrected chi connectivity index (χ2v) is 4.50. The number of nitrogens with two attached hydrogens (primary N) is 1. The van der Waals surface area contributed by atoms with Crippen LogP contribution in [0.25, 0.3) is 0 Å². The highest BCUT2D eigenvalue weighted by molar-refractivity contribution is 7.80. The van der Waals surface area contributed by atoms with Gasteiger partial charge in [-0.2, -0.15) is 0 Å². The zero-order chi connectivity index (χ0) is 14.0. The van der Waals surface area contributed by atoms with Crippen LogP contribution in [0.2, 0.25) is 0 Å². The minimum atomic E-state index is -0.484. The fourth-order valence-corrected chi connectivity index (χ4v) is 2.15. The summed E-state index contributed by atoms with van der Waals surface area (Å²) in [5.41, 5.74) is 5.91. The van der Waals surface area contributed by atoms with Crippen molar-refractivity contribution < 1.29 is 9.59 Å². The molecule has 7 nitrogen and oxygen atoms in total. The predicted octanol–water partition coefficient (Wildman–Crippen LogP) is -0.648. The number of hydrogen-bond acceptors (Lipinski definition) is 6. The summed E-state index contributed by atoms with van der Waals surface area (Å²) < 4.78 is 0. The molecule has 100 valence electrons.